The summed E-state index contributed by atoms with van der Waals surface area (Å²) in [5.41, 5.74) is 7.15. The number of alkyl halides is 1. The number of amides is 1. The van der Waals surface area contributed by atoms with Crippen LogP contribution in [-0.2, 0) is 30.6 Å². The molecular weight excluding hydrogens is 563 g/mol. The number of hydrogen-bond acceptors (Lipinski definition) is 11. The number of carbonyl (C=O) groups is 3. The molecule has 2 aliphatic heterocycles. The van der Waals surface area contributed by atoms with E-state index in [1.165, 1.54) is 23.8 Å². The van der Waals surface area contributed by atoms with Crippen molar-refractivity contribution in [2.75, 3.05) is 31.6 Å². The van der Waals surface area contributed by atoms with E-state index in [0.29, 0.717) is 17.1 Å². The third kappa shape index (κ3) is 5.57. The van der Waals surface area contributed by atoms with Crippen molar-refractivity contribution >= 4 is 74.8 Å². The standard InChI is InChI=1S/C23H22Cl2N4O6S2/c1-33-13-5-3-11(4-6-13)9-35-22(32)18-12(8-24)10-36-21-14(20(31)29(18)21)7-15(30)16(28-34-2)17-19(25)37-23(26)27-17/h3-6,14,21H,7-10H2,1-2H3,(H2,26,27)/b28-16+/t14-,21-/m1/s1. The van der Waals surface area contributed by atoms with Crippen LogP contribution in [0.5, 0.6) is 5.75 Å². The van der Waals surface area contributed by atoms with Gasteiger partial charge in [0.2, 0.25) is 5.91 Å². The zero-order valence-electron chi connectivity index (χ0n) is 19.7. The number of nitrogens with zero attached hydrogens (tertiary/aromatic N) is 3. The second kappa shape index (κ2) is 11.7. The van der Waals surface area contributed by atoms with E-state index >= 15 is 0 Å². The first-order valence-corrected chi connectivity index (χ1v) is 13.7. The lowest BCUT2D eigenvalue weighted by atomic mass is 9.89. The summed E-state index contributed by atoms with van der Waals surface area (Å²) in [6.07, 6.45) is -0.173. The normalized spacial score (nSPS) is 19.3. The number of oxime groups is 1. The van der Waals surface area contributed by atoms with Gasteiger partial charge in [-0.2, -0.15) is 0 Å². The Bertz CT molecular complexity index is 1280. The minimum absolute atomic E-state index is 0.0119. The Balaban J connectivity index is 1.47. The SMILES string of the molecule is CO/N=C(\C(=O)C[C@@H]1C(=O)N2C(C(=O)OCc3ccc(OC)cc3)=C(CCl)CS[C@H]12)c1nc(N)sc1Cl. The lowest BCUT2D eigenvalue weighted by molar-refractivity contribution is -0.155. The average Bonchev–Trinajstić information content (AvgIpc) is 3.24. The van der Waals surface area contributed by atoms with Gasteiger partial charge in [0.1, 0.15) is 35.2 Å². The quantitative estimate of drug-likeness (QED) is 0.146. The predicted molar refractivity (Wildman–Crippen MR) is 142 cm³/mol. The highest BCUT2D eigenvalue weighted by atomic mass is 35.5. The molecule has 0 radical (unpaired) electrons. The molecule has 3 heterocycles. The number of thioether (sulfide) groups is 1. The number of nitrogen functional groups attached to an aromatic ring is 1. The summed E-state index contributed by atoms with van der Waals surface area (Å²) in [7, 11) is 2.85. The number of benzene rings is 1. The van der Waals surface area contributed by atoms with Crippen molar-refractivity contribution in [3.63, 3.8) is 0 Å². The summed E-state index contributed by atoms with van der Waals surface area (Å²) in [6, 6.07) is 7.07. The molecule has 4 rings (SSSR count). The van der Waals surface area contributed by atoms with Crippen LogP contribution in [0, 0.1) is 5.92 Å². The summed E-state index contributed by atoms with van der Waals surface area (Å²) < 4.78 is 10.8. The topological polar surface area (TPSA) is 133 Å². The number of Topliss-reactive ketones (excluding diaryl/α,β-unsaturated/α-hetero) is 1. The van der Waals surface area contributed by atoms with E-state index in [-0.39, 0.29) is 51.4 Å². The largest absolute Gasteiger partial charge is 0.497 e. The Morgan fingerprint density at radius 2 is 2.00 bits per heavy atom. The molecule has 1 amide bonds. The minimum atomic E-state index is -0.685. The maximum atomic E-state index is 13.2. The van der Waals surface area contributed by atoms with Gasteiger partial charge in [-0.15, -0.1) is 23.4 Å². The number of anilines is 1. The van der Waals surface area contributed by atoms with Crippen molar-refractivity contribution in [2.24, 2.45) is 11.1 Å². The van der Waals surface area contributed by atoms with Gasteiger partial charge in [0.15, 0.2) is 16.6 Å². The van der Waals surface area contributed by atoms with Crippen LogP contribution in [-0.4, -0.2) is 64.5 Å². The van der Waals surface area contributed by atoms with Crippen LogP contribution in [0.3, 0.4) is 0 Å². The minimum Gasteiger partial charge on any atom is -0.497 e. The predicted octanol–water partition coefficient (Wildman–Crippen LogP) is 3.46. The first-order chi connectivity index (χ1) is 17.8. The number of β-lactam (4-membered cyclic amide) rings is 1. The van der Waals surface area contributed by atoms with Crippen LogP contribution in [0.25, 0.3) is 0 Å². The highest BCUT2D eigenvalue weighted by Gasteiger charge is 2.54. The molecular formula is C23H22Cl2N4O6S2. The first-order valence-electron chi connectivity index (χ1n) is 10.9. The number of nitrogens with two attached hydrogens (primary N) is 1. The molecule has 0 aliphatic carbocycles. The van der Waals surface area contributed by atoms with Crippen molar-refractivity contribution in [1.29, 1.82) is 0 Å². The van der Waals surface area contributed by atoms with Crippen LogP contribution in [0.15, 0.2) is 40.7 Å². The molecule has 14 heteroatoms. The number of ether oxygens (including phenoxy) is 2. The summed E-state index contributed by atoms with van der Waals surface area (Å²) in [5.74, 6) is -1.04. The molecule has 1 aromatic heterocycles. The molecule has 0 unspecified atom stereocenters. The molecule has 0 saturated carbocycles. The van der Waals surface area contributed by atoms with E-state index in [4.69, 9.17) is 43.2 Å². The van der Waals surface area contributed by atoms with E-state index in [9.17, 15) is 14.4 Å². The highest BCUT2D eigenvalue weighted by Crippen LogP contribution is 2.46. The van der Waals surface area contributed by atoms with Crippen molar-refractivity contribution in [2.45, 2.75) is 18.4 Å². The van der Waals surface area contributed by atoms with Gasteiger partial charge in [-0.3, -0.25) is 14.5 Å². The maximum Gasteiger partial charge on any atom is 0.355 e. The number of carbonyl (C=O) groups excluding carboxylic acids is 3. The molecule has 2 aliphatic rings. The second-order valence-electron chi connectivity index (χ2n) is 7.95. The van der Waals surface area contributed by atoms with Gasteiger partial charge in [-0.25, -0.2) is 9.78 Å². The molecule has 0 spiro atoms. The van der Waals surface area contributed by atoms with Crippen LogP contribution < -0.4 is 10.5 Å². The number of rotatable bonds is 10. The van der Waals surface area contributed by atoms with Crippen LogP contribution in [0.4, 0.5) is 5.13 Å². The molecule has 2 N–H and O–H groups in total. The number of halogens is 2. The Hall–Kier alpha value is -2.80. The van der Waals surface area contributed by atoms with E-state index in [0.717, 1.165) is 16.9 Å². The van der Waals surface area contributed by atoms with Crippen molar-refractivity contribution in [3.05, 3.63) is 51.1 Å². The number of hydrogen-bond donors (Lipinski definition) is 1. The van der Waals surface area contributed by atoms with Crippen molar-refractivity contribution in [1.82, 2.24) is 9.88 Å². The molecule has 2 aromatic rings. The monoisotopic (exact) mass is 584 g/mol. The lowest BCUT2D eigenvalue weighted by Gasteiger charge is -2.49. The molecule has 37 heavy (non-hydrogen) atoms. The smallest absolute Gasteiger partial charge is 0.355 e. The zero-order valence-corrected chi connectivity index (χ0v) is 22.9. The Labute approximate surface area is 230 Å². The second-order valence-corrected chi connectivity index (χ2v) is 11.0. The summed E-state index contributed by atoms with van der Waals surface area (Å²) >= 11 is 14.7. The van der Waals surface area contributed by atoms with Crippen LogP contribution in [0.2, 0.25) is 4.34 Å². The van der Waals surface area contributed by atoms with Gasteiger partial charge < -0.3 is 20.0 Å². The lowest BCUT2D eigenvalue weighted by Crippen LogP contribution is -2.62. The van der Waals surface area contributed by atoms with Gasteiger partial charge in [0.25, 0.3) is 0 Å². The first kappa shape index (κ1) is 27.2. The third-order valence-corrected chi connectivity index (χ3v) is 8.52. The highest BCUT2D eigenvalue weighted by molar-refractivity contribution is 8.00. The van der Waals surface area contributed by atoms with E-state index in [1.807, 2.05) is 0 Å². The summed E-state index contributed by atoms with van der Waals surface area (Å²) in [4.78, 5) is 49.5. The number of fused-ring (bicyclic) bond motifs is 1. The van der Waals surface area contributed by atoms with Crippen LogP contribution >= 0.6 is 46.3 Å². The summed E-state index contributed by atoms with van der Waals surface area (Å²) in [5, 5.41) is 3.50. The van der Waals surface area contributed by atoms with Crippen molar-refractivity contribution in [3.8, 4) is 5.75 Å². The van der Waals surface area contributed by atoms with E-state index in [2.05, 4.69) is 10.1 Å². The fraction of sp³-hybridized carbons (Fsp3) is 0.348. The van der Waals surface area contributed by atoms with Gasteiger partial charge in [-0.1, -0.05) is 40.2 Å². The molecule has 1 saturated heterocycles. The Morgan fingerprint density at radius 3 is 2.59 bits per heavy atom. The molecule has 0 bridgehead atoms. The number of methoxy groups -OCH3 is 1. The fourth-order valence-electron chi connectivity index (χ4n) is 3.93. The number of esters is 1. The summed E-state index contributed by atoms with van der Waals surface area (Å²) in [6.45, 7) is 0.0119. The Morgan fingerprint density at radius 1 is 1.27 bits per heavy atom. The molecule has 10 nitrogen and oxygen atoms in total. The number of thiazole rings is 1. The molecule has 196 valence electrons. The van der Waals surface area contributed by atoms with Crippen molar-refractivity contribution < 1.29 is 28.7 Å². The average molecular weight is 585 g/mol. The third-order valence-electron chi connectivity index (χ3n) is 5.72. The number of ketones is 1. The fourth-order valence-corrected chi connectivity index (χ4v) is 6.60. The van der Waals surface area contributed by atoms with Gasteiger partial charge in [-0.05, 0) is 23.3 Å². The van der Waals surface area contributed by atoms with Crippen LogP contribution in [0.1, 0.15) is 17.7 Å². The van der Waals surface area contributed by atoms with E-state index in [1.54, 1.807) is 31.4 Å². The van der Waals surface area contributed by atoms with Gasteiger partial charge >= 0.3 is 5.97 Å². The molecule has 1 aromatic carbocycles. The zero-order chi connectivity index (χ0) is 26.7. The van der Waals surface area contributed by atoms with Gasteiger partial charge in [0, 0.05) is 18.1 Å². The molecule has 1 fully saturated rings. The number of aromatic nitrogens is 1. The van der Waals surface area contributed by atoms with Gasteiger partial charge in [0.05, 0.1) is 18.4 Å². The molecule has 2 atom stereocenters. The van der Waals surface area contributed by atoms with E-state index < -0.39 is 23.0 Å². The Kier molecular flexibility index (Phi) is 8.63. The maximum absolute atomic E-state index is 13.2.